The second kappa shape index (κ2) is 11.7. The van der Waals surface area contributed by atoms with Gasteiger partial charge < -0.3 is 0 Å². The lowest BCUT2D eigenvalue weighted by Gasteiger charge is -2.04. The van der Waals surface area contributed by atoms with Gasteiger partial charge in [0.25, 0.3) is 0 Å². The van der Waals surface area contributed by atoms with Crippen LogP contribution in [-0.4, -0.2) is 10.8 Å². The number of rotatable bonds is 12. The maximum absolute atomic E-state index is 12.0. The molecule has 0 unspecified atom stereocenters. The largest absolute Gasteiger partial charge is 0.294 e. The molecule has 0 aromatic carbocycles. The van der Waals surface area contributed by atoms with Crippen molar-refractivity contribution in [3.8, 4) is 0 Å². The van der Waals surface area contributed by atoms with Gasteiger partial charge in [0.1, 0.15) is 0 Å². The van der Waals surface area contributed by atoms with Crippen molar-refractivity contribution in [1.82, 2.24) is 4.98 Å². The van der Waals surface area contributed by atoms with Gasteiger partial charge in [-0.3, -0.25) is 9.78 Å². The van der Waals surface area contributed by atoms with Crippen LogP contribution >= 0.6 is 11.6 Å². The van der Waals surface area contributed by atoms with Gasteiger partial charge in [0, 0.05) is 24.4 Å². The third-order valence-corrected chi connectivity index (χ3v) is 4.13. The first-order valence-corrected chi connectivity index (χ1v) is 8.76. The minimum Gasteiger partial charge on any atom is -0.294 e. The zero-order valence-corrected chi connectivity index (χ0v) is 14.0. The molecule has 0 radical (unpaired) electrons. The molecule has 1 aromatic heterocycles. The molecule has 1 aromatic rings. The topological polar surface area (TPSA) is 30.0 Å². The molecule has 3 heteroatoms. The van der Waals surface area contributed by atoms with E-state index in [1.807, 2.05) is 0 Å². The van der Waals surface area contributed by atoms with Crippen LogP contribution in [0, 0.1) is 0 Å². The number of hydrogen-bond acceptors (Lipinski definition) is 2. The molecule has 0 aliphatic carbocycles. The summed E-state index contributed by atoms with van der Waals surface area (Å²) in [5.74, 6) is 0.141. The molecule has 2 nitrogen and oxygen atoms in total. The molecular formula is C18H28ClNO. The Kier molecular flexibility index (Phi) is 10.1. The Morgan fingerprint density at radius 1 is 1.00 bits per heavy atom. The van der Waals surface area contributed by atoms with Gasteiger partial charge in [-0.05, 0) is 12.5 Å². The van der Waals surface area contributed by atoms with Crippen molar-refractivity contribution in [3.05, 3.63) is 29.0 Å². The summed E-state index contributed by atoms with van der Waals surface area (Å²) >= 11 is 5.97. The maximum Gasteiger partial charge on any atom is 0.164 e. The highest BCUT2D eigenvalue weighted by molar-refractivity contribution is 6.33. The van der Waals surface area contributed by atoms with Crippen LogP contribution in [0.1, 0.15) is 87.9 Å². The quantitative estimate of drug-likeness (QED) is 0.338. The first-order chi connectivity index (χ1) is 10.3. The van der Waals surface area contributed by atoms with Crippen LogP contribution in [-0.2, 0) is 0 Å². The average molecular weight is 310 g/mol. The molecule has 0 saturated heterocycles. The Morgan fingerprint density at radius 2 is 1.57 bits per heavy atom. The third-order valence-electron chi connectivity index (χ3n) is 3.83. The number of nitrogens with zero attached hydrogens (tertiary/aromatic N) is 1. The van der Waals surface area contributed by atoms with Crippen LogP contribution in [0.5, 0.6) is 0 Å². The highest BCUT2D eigenvalue weighted by atomic mass is 35.5. The fourth-order valence-corrected chi connectivity index (χ4v) is 2.73. The summed E-state index contributed by atoms with van der Waals surface area (Å²) in [6, 6.07) is 1.71. The number of halogens is 1. The summed E-state index contributed by atoms with van der Waals surface area (Å²) in [7, 11) is 0. The van der Waals surface area contributed by atoms with Crippen LogP contribution in [0.15, 0.2) is 18.5 Å². The number of hydrogen-bond donors (Lipinski definition) is 0. The van der Waals surface area contributed by atoms with E-state index in [4.69, 9.17) is 11.6 Å². The minimum absolute atomic E-state index is 0.141. The molecule has 0 bridgehead atoms. The number of aromatic nitrogens is 1. The summed E-state index contributed by atoms with van der Waals surface area (Å²) in [5.41, 5.74) is 0.614. The van der Waals surface area contributed by atoms with E-state index in [9.17, 15) is 4.79 Å². The molecule has 0 spiro atoms. The van der Waals surface area contributed by atoms with E-state index in [0.717, 1.165) is 12.8 Å². The molecule has 0 atom stereocenters. The molecule has 0 amide bonds. The number of Topliss-reactive ketones (excluding diaryl/α,β-unsaturated/α-hetero) is 1. The second-order valence-corrected chi connectivity index (χ2v) is 6.12. The highest BCUT2D eigenvalue weighted by Gasteiger charge is 2.09. The Balaban J connectivity index is 1.99. The Hall–Kier alpha value is -0.890. The number of carbonyl (C=O) groups is 1. The van der Waals surface area contributed by atoms with Gasteiger partial charge in [-0.25, -0.2) is 0 Å². The molecule has 0 saturated carbocycles. The highest BCUT2D eigenvalue weighted by Crippen LogP contribution is 2.17. The molecule has 1 rings (SSSR count). The summed E-state index contributed by atoms with van der Waals surface area (Å²) in [6.07, 6.45) is 16.6. The fourth-order valence-electron chi connectivity index (χ4n) is 2.51. The standard InChI is InChI=1S/C18H28ClNO/c1-2-3-4-5-6-7-8-9-10-11-12-18(21)16-13-14-20-15-17(16)19/h13-15H,2-12H2,1H3. The normalized spacial score (nSPS) is 10.8. The minimum atomic E-state index is 0.141. The Morgan fingerprint density at radius 3 is 2.14 bits per heavy atom. The van der Waals surface area contributed by atoms with E-state index in [1.54, 1.807) is 12.3 Å². The first kappa shape index (κ1) is 18.2. The van der Waals surface area contributed by atoms with Crippen molar-refractivity contribution in [1.29, 1.82) is 0 Å². The van der Waals surface area contributed by atoms with Crippen molar-refractivity contribution in [2.45, 2.75) is 77.6 Å². The van der Waals surface area contributed by atoms with Crippen molar-refractivity contribution >= 4 is 17.4 Å². The van der Waals surface area contributed by atoms with Crippen molar-refractivity contribution in [3.63, 3.8) is 0 Å². The predicted octanol–water partition coefficient (Wildman–Crippen LogP) is 6.23. The van der Waals surface area contributed by atoms with Gasteiger partial charge in [-0.1, -0.05) is 76.3 Å². The molecule has 0 fully saturated rings. The lowest BCUT2D eigenvalue weighted by Crippen LogP contribution is -2.00. The second-order valence-electron chi connectivity index (χ2n) is 5.71. The van der Waals surface area contributed by atoms with Crippen molar-refractivity contribution in [2.24, 2.45) is 0 Å². The molecule has 21 heavy (non-hydrogen) atoms. The molecule has 0 aliphatic rings. The van der Waals surface area contributed by atoms with Crippen LogP contribution in [0.2, 0.25) is 5.02 Å². The van der Waals surface area contributed by atoms with Crippen LogP contribution in [0.25, 0.3) is 0 Å². The van der Waals surface area contributed by atoms with E-state index >= 15 is 0 Å². The Labute approximate surface area is 134 Å². The van der Waals surface area contributed by atoms with E-state index in [1.165, 1.54) is 57.6 Å². The zero-order valence-electron chi connectivity index (χ0n) is 13.2. The van der Waals surface area contributed by atoms with E-state index in [0.29, 0.717) is 17.0 Å². The SMILES string of the molecule is CCCCCCCCCCCCC(=O)c1ccncc1Cl. The van der Waals surface area contributed by atoms with Crippen LogP contribution in [0.4, 0.5) is 0 Å². The van der Waals surface area contributed by atoms with Crippen molar-refractivity contribution in [2.75, 3.05) is 0 Å². The number of unbranched alkanes of at least 4 members (excludes halogenated alkanes) is 9. The third kappa shape index (κ3) is 8.21. The first-order valence-electron chi connectivity index (χ1n) is 8.38. The molecule has 0 aliphatic heterocycles. The van der Waals surface area contributed by atoms with E-state index in [-0.39, 0.29) is 5.78 Å². The van der Waals surface area contributed by atoms with Gasteiger partial charge in [0.15, 0.2) is 5.78 Å². The van der Waals surface area contributed by atoms with Gasteiger partial charge in [-0.15, -0.1) is 0 Å². The van der Waals surface area contributed by atoms with E-state index < -0.39 is 0 Å². The van der Waals surface area contributed by atoms with E-state index in [2.05, 4.69) is 11.9 Å². The zero-order chi connectivity index (χ0) is 15.3. The monoisotopic (exact) mass is 309 g/mol. The molecule has 1 heterocycles. The summed E-state index contributed by atoms with van der Waals surface area (Å²) < 4.78 is 0. The lowest BCUT2D eigenvalue weighted by atomic mass is 10.0. The van der Waals surface area contributed by atoms with Gasteiger partial charge in [-0.2, -0.15) is 0 Å². The van der Waals surface area contributed by atoms with Gasteiger partial charge in [0.05, 0.1) is 5.02 Å². The van der Waals surface area contributed by atoms with Crippen LogP contribution in [0.3, 0.4) is 0 Å². The van der Waals surface area contributed by atoms with Crippen molar-refractivity contribution < 1.29 is 4.79 Å². The fraction of sp³-hybridized carbons (Fsp3) is 0.667. The lowest BCUT2D eigenvalue weighted by molar-refractivity contribution is 0.0979. The van der Waals surface area contributed by atoms with Crippen LogP contribution < -0.4 is 0 Å². The number of carbonyl (C=O) groups excluding carboxylic acids is 1. The summed E-state index contributed by atoms with van der Waals surface area (Å²) in [6.45, 7) is 2.25. The molecular weight excluding hydrogens is 282 g/mol. The smallest absolute Gasteiger partial charge is 0.164 e. The number of pyridine rings is 1. The predicted molar refractivity (Wildman–Crippen MR) is 90.0 cm³/mol. The molecule has 118 valence electrons. The van der Waals surface area contributed by atoms with Gasteiger partial charge >= 0.3 is 0 Å². The average Bonchev–Trinajstić information content (AvgIpc) is 2.49. The maximum atomic E-state index is 12.0. The molecule has 0 N–H and O–H groups in total. The summed E-state index contributed by atoms with van der Waals surface area (Å²) in [5, 5.41) is 0.467. The van der Waals surface area contributed by atoms with Gasteiger partial charge in [0.2, 0.25) is 0 Å². The Bertz CT molecular complexity index is 406. The number of ketones is 1. The summed E-state index contributed by atoms with van der Waals surface area (Å²) in [4.78, 5) is 15.9.